The molecule has 1 aliphatic heterocycles. The third-order valence-corrected chi connectivity index (χ3v) is 5.29. The van der Waals surface area contributed by atoms with Crippen molar-refractivity contribution in [3.63, 3.8) is 0 Å². The van der Waals surface area contributed by atoms with Gasteiger partial charge in [0.15, 0.2) is 11.6 Å². The van der Waals surface area contributed by atoms with Gasteiger partial charge in [-0.2, -0.15) is 13.8 Å². The van der Waals surface area contributed by atoms with Crippen molar-refractivity contribution in [1.29, 1.82) is 0 Å². The summed E-state index contributed by atoms with van der Waals surface area (Å²) in [6.45, 7) is 0.426. The minimum absolute atomic E-state index is 0.00552. The van der Waals surface area contributed by atoms with E-state index in [1.807, 2.05) is 26.0 Å². The normalized spacial score (nSPS) is 15.0. The van der Waals surface area contributed by atoms with Crippen LogP contribution in [-0.4, -0.2) is 34.2 Å². The van der Waals surface area contributed by atoms with Crippen LogP contribution in [0.25, 0.3) is 0 Å². The number of hydrogen-bond donors (Lipinski definition) is 4. The van der Waals surface area contributed by atoms with E-state index in [1.54, 1.807) is 36.4 Å². The molecule has 1 atom stereocenters. The van der Waals surface area contributed by atoms with Crippen LogP contribution in [0.2, 0.25) is 0 Å². The molecule has 2 heterocycles. The number of nitrogens with one attached hydrogen (secondary N) is 3. The summed E-state index contributed by atoms with van der Waals surface area (Å²) in [6.07, 6.45) is 1.13. The highest BCUT2D eigenvalue weighted by Crippen LogP contribution is 2.34. The third-order valence-electron chi connectivity index (χ3n) is 5.29. The fraction of sp³-hybridized carbons (Fsp3) is 0.261. The van der Waals surface area contributed by atoms with Gasteiger partial charge < -0.3 is 25.8 Å². The van der Waals surface area contributed by atoms with Crippen molar-refractivity contribution >= 4 is 23.4 Å². The van der Waals surface area contributed by atoms with Gasteiger partial charge in [-0.05, 0) is 43.2 Å². The van der Waals surface area contributed by atoms with Crippen LogP contribution in [0.5, 0.6) is 5.75 Å². The average Bonchev–Trinajstić information content (AvgIpc) is 3.01. The van der Waals surface area contributed by atoms with Crippen molar-refractivity contribution in [3.8, 4) is 5.75 Å². The molecule has 0 radical (unpaired) electrons. The second kappa shape index (κ2) is 8.99. The molecule has 1 aromatic heterocycles. The van der Waals surface area contributed by atoms with E-state index in [2.05, 4.69) is 30.7 Å². The number of rotatable bonds is 8. The largest absolute Gasteiger partial charge is 0.429 e. The monoisotopic (exact) mass is 455 g/mol. The van der Waals surface area contributed by atoms with Crippen molar-refractivity contribution in [2.24, 2.45) is 0 Å². The number of nitrogens with zero attached hydrogens (tertiary/aromatic N) is 2. The Hall–Kier alpha value is -3.79. The Kier molecular flexibility index (Phi) is 6.10. The van der Waals surface area contributed by atoms with Crippen LogP contribution < -0.4 is 20.7 Å². The number of hydrogen-bond acceptors (Lipinski definition) is 7. The Morgan fingerprint density at radius 2 is 1.94 bits per heavy atom. The summed E-state index contributed by atoms with van der Waals surface area (Å²) in [6, 6.07) is 13.6. The average molecular weight is 455 g/mol. The molecule has 1 aliphatic rings. The van der Waals surface area contributed by atoms with E-state index in [0.29, 0.717) is 11.3 Å². The molecule has 2 aromatic carbocycles. The molecule has 33 heavy (non-hydrogen) atoms. The van der Waals surface area contributed by atoms with Gasteiger partial charge in [-0.1, -0.05) is 30.3 Å². The van der Waals surface area contributed by atoms with Gasteiger partial charge in [0.05, 0.1) is 24.4 Å². The number of amides is 1. The number of ether oxygens (including phenoxy) is 1. The van der Waals surface area contributed by atoms with E-state index in [4.69, 9.17) is 0 Å². The van der Waals surface area contributed by atoms with Crippen molar-refractivity contribution in [2.75, 3.05) is 17.2 Å². The molecule has 10 heteroatoms. The van der Waals surface area contributed by atoms with E-state index in [1.165, 1.54) is 0 Å². The maximum Gasteiger partial charge on any atom is 0.387 e. The molecule has 0 fully saturated rings. The fourth-order valence-electron chi connectivity index (χ4n) is 3.69. The van der Waals surface area contributed by atoms with E-state index >= 15 is 0 Å². The predicted octanol–water partition coefficient (Wildman–Crippen LogP) is 3.95. The van der Waals surface area contributed by atoms with Crippen LogP contribution in [0.4, 0.5) is 26.2 Å². The van der Waals surface area contributed by atoms with E-state index in [9.17, 15) is 18.7 Å². The number of carbonyl (C=O) groups excluding carboxylic acids is 1. The Balaban J connectivity index is 1.63. The lowest BCUT2D eigenvalue weighted by atomic mass is 9.94. The second-order valence-electron chi connectivity index (χ2n) is 8.04. The summed E-state index contributed by atoms with van der Waals surface area (Å²) >= 11 is 0. The number of aliphatic hydroxyl groups excluding tert-OH is 1. The molecular formula is C23H23F2N5O3. The standard InChI is InChI=1S/C23H23F2N5O3/c1-23(2)16-10-14(8-9-15(16)20(32)30-23)27-22-26-11-18(33-21(24)25)19(29-22)28-17(12-31)13-6-4-3-5-7-13/h3-11,17,21,31H,12H2,1-2H3,(H,30,32)(H2,26,27,28,29). The minimum atomic E-state index is -3.07. The van der Waals surface area contributed by atoms with Crippen molar-refractivity contribution in [2.45, 2.75) is 32.0 Å². The third kappa shape index (κ3) is 4.85. The zero-order chi connectivity index (χ0) is 23.6. The first kappa shape index (κ1) is 22.4. The smallest absolute Gasteiger partial charge is 0.387 e. The molecule has 0 aliphatic carbocycles. The number of aliphatic hydroxyl groups is 1. The maximum absolute atomic E-state index is 12.9. The Labute approximate surface area is 189 Å². The number of benzene rings is 2. The summed E-state index contributed by atoms with van der Waals surface area (Å²) in [7, 11) is 0. The summed E-state index contributed by atoms with van der Waals surface area (Å²) < 4.78 is 30.4. The molecule has 172 valence electrons. The van der Waals surface area contributed by atoms with E-state index in [0.717, 1.165) is 17.3 Å². The number of alkyl halides is 2. The molecule has 8 nitrogen and oxygen atoms in total. The van der Waals surface area contributed by atoms with Crippen LogP contribution in [0.3, 0.4) is 0 Å². The molecule has 4 N–H and O–H groups in total. The SMILES string of the molecule is CC1(C)NC(=O)c2ccc(Nc3ncc(OC(F)F)c(NC(CO)c4ccccc4)n3)cc21. The number of fused-ring (bicyclic) bond motifs is 1. The lowest BCUT2D eigenvalue weighted by Crippen LogP contribution is -2.32. The molecule has 0 bridgehead atoms. The van der Waals surface area contributed by atoms with Crippen LogP contribution in [-0.2, 0) is 5.54 Å². The predicted molar refractivity (Wildman–Crippen MR) is 119 cm³/mol. The molecule has 3 aromatic rings. The Morgan fingerprint density at radius 1 is 1.18 bits per heavy atom. The zero-order valence-corrected chi connectivity index (χ0v) is 18.0. The first-order valence-electron chi connectivity index (χ1n) is 10.2. The molecule has 1 unspecified atom stereocenters. The van der Waals surface area contributed by atoms with Crippen LogP contribution in [0.15, 0.2) is 54.7 Å². The molecule has 0 saturated heterocycles. The molecule has 4 rings (SSSR count). The van der Waals surface area contributed by atoms with E-state index in [-0.39, 0.29) is 30.0 Å². The summed E-state index contributed by atoms with van der Waals surface area (Å²) in [5, 5.41) is 18.7. The number of carbonyl (C=O) groups is 1. The fourth-order valence-corrected chi connectivity index (χ4v) is 3.69. The molecular weight excluding hydrogens is 432 g/mol. The zero-order valence-electron chi connectivity index (χ0n) is 18.0. The quantitative estimate of drug-likeness (QED) is 0.407. The van der Waals surface area contributed by atoms with Crippen molar-refractivity contribution in [1.82, 2.24) is 15.3 Å². The maximum atomic E-state index is 12.9. The highest BCUT2D eigenvalue weighted by atomic mass is 19.3. The van der Waals surface area contributed by atoms with E-state index < -0.39 is 18.2 Å². The van der Waals surface area contributed by atoms with Crippen molar-refractivity contribution in [3.05, 3.63) is 71.4 Å². The van der Waals surface area contributed by atoms with Crippen LogP contribution in [0.1, 0.15) is 41.4 Å². The molecule has 0 saturated carbocycles. The first-order chi connectivity index (χ1) is 15.8. The van der Waals surface area contributed by atoms with Gasteiger partial charge >= 0.3 is 6.61 Å². The van der Waals surface area contributed by atoms with Gasteiger partial charge in [0.1, 0.15) is 0 Å². The van der Waals surface area contributed by atoms with Crippen LogP contribution in [0, 0.1) is 0 Å². The number of aromatic nitrogens is 2. The summed E-state index contributed by atoms with van der Waals surface area (Å²) in [5.74, 6) is -0.281. The number of anilines is 3. The van der Waals surface area contributed by atoms with Gasteiger partial charge in [0.25, 0.3) is 5.91 Å². The Morgan fingerprint density at radius 3 is 2.64 bits per heavy atom. The minimum Gasteiger partial charge on any atom is -0.429 e. The summed E-state index contributed by atoms with van der Waals surface area (Å²) in [4.78, 5) is 20.5. The number of halogens is 2. The summed E-state index contributed by atoms with van der Waals surface area (Å²) in [5.41, 5.74) is 2.24. The highest BCUT2D eigenvalue weighted by Gasteiger charge is 2.35. The lowest BCUT2D eigenvalue weighted by Gasteiger charge is -2.20. The van der Waals surface area contributed by atoms with Gasteiger partial charge in [0, 0.05) is 11.3 Å². The van der Waals surface area contributed by atoms with Gasteiger partial charge in [-0.15, -0.1) is 0 Å². The van der Waals surface area contributed by atoms with Crippen LogP contribution >= 0.6 is 0 Å². The molecule has 1 amide bonds. The van der Waals surface area contributed by atoms with Gasteiger partial charge in [-0.3, -0.25) is 4.79 Å². The second-order valence-corrected chi connectivity index (χ2v) is 8.04. The highest BCUT2D eigenvalue weighted by molar-refractivity contribution is 6.00. The van der Waals surface area contributed by atoms with Crippen molar-refractivity contribution < 1.29 is 23.4 Å². The van der Waals surface area contributed by atoms with Gasteiger partial charge in [-0.25, -0.2) is 4.98 Å². The topological polar surface area (TPSA) is 108 Å². The van der Waals surface area contributed by atoms with Gasteiger partial charge in [0.2, 0.25) is 5.95 Å². The first-order valence-corrected chi connectivity index (χ1v) is 10.2. The Bertz CT molecular complexity index is 1160. The lowest BCUT2D eigenvalue weighted by molar-refractivity contribution is -0.0498. The molecule has 0 spiro atoms.